The van der Waals surface area contributed by atoms with Crippen LogP contribution in [-0.4, -0.2) is 34.9 Å². The molecule has 1 N–H and O–H groups in total. The highest BCUT2D eigenvalue weighted by Crippen LogP contribution is 2.07. The fraction of sp³-hybridized carbons (Fsp3) is 0.500. The zero-order valence-electron chi connectivity index (χ0n) is 10.3. The van der Waals surface area contributed by atoms with Gasteiger partial charge in [0.15, 0.2) is 5.65 Å². The van der Waals surface area contributed by atoms with Crippen LogP contribution in [0.3, 0.4) is 0 Å². The summed E-state index contributed by atoms with van der Waals surface area (Å²) < 4.78 is 6.84. The average molecular weight is 234 g/mol. The van der Waals surface area contributed by atoms with E-state index in [-0.39, 0.29) is 0 Å². The maximum Gasteiger partial charge on any atom is 0.243 e. The zero-order valence-corrected chi connectivity index (χ0v) is 10.3. The molecule has 0 radical (unpaired) electrons. The van der Waals surface area contributed by atoms with Gasteiger partial charge in [0.1, 0.15) is 0 Å². The van der Waals surface area contributed by atoms with Crippen LogP contribution in [0.25, 0.3) is 5.65 Å². The van der Waals surface area contributed by atoms with E-state index in [2.05, 4.69) is 15.4 Å². The zero-order chi connectivity index (χ0) is 12.1. The number of fused-ring (bicyclic) bond motifs is 1. The van der Waals surface area contributed by atoms with Crippen molar-refractivity contribution in [2.75, 3.05) is 25.6 Å². The molecule has 0 aliphatic carbocycles. The van der Waals surface area contributed by atoms with Crippen LogP contribution >= 0.6 is 0 Å². The summed E-state index contributed by atoms with van der Waals surface area (Å²) in [5, 5.41) is 7.61. The number of aromatic nitrogens is 3. The summed E-state index contributed by atoms with van der Waals surface area (Å²) in [6, 6.07) is 5.96. The van der Waals surface area contributed by atoms with Crippen molar-refractivity contribution in [2.45, 2.75) is 19.8 Å². The second-order valence-corrected chi connectivity index (χ2v) is 4.00. The van der Waals surface area contributed by atoms with Crippen LogP contribution in [0.5, 0.6) is 0 Å². The predicted molar refractivity (Wildman–Crippen MR) is 67.3 cm³/mol. The van der Waals surface area contributed by atoms with Gasteiger partial charge in [0.2, 0.25) is 5.95 Å². The first kappa shape index (κ1) is 11.9. The Morgan fingerprint density at radius 3 is 3.00 bits per heavy atom. The molecule has 0 bridgehead atoms. The summed E-state index contributed by atoms with van der Waals surface area (Å²) in [6.07, 6.45) is 2.11. The topological polar surface area (TPSA) is 51.5 Å². The molecule has 0 spiro atoms. The van der Waals surface area contributed by atoms with Crippen LogP contribution in [0.1, 0.15) is 18.5 Å². The number of ether oxygens (including phenoxy) is 1. The summed E-state index contributed by atoms with van der Waals surface area (Å²) >= 11 is 0. The molecule has 2 heterocycles. The van der Waals surface area contributed by atoms with Gasteiger partial charge in [-0.1, -0.05) is 6.07 Å². The van der Waals surface area contributed by atoms with Gasteiger partial charge in [-0.15, -0.1) is 5.10 Å². The van der Waals surface area contributed by atoms with E-state index in [0.717, 1.165) is 37.3 Å². The lowest BCUT2D eigenvalue weighted by Gasteiger charge is -2.00. The van der Waals surface area contributed by atoms with Gasteiger partial charge in [-0.2, -0.15) is 4.98 Å². The summed E-state index contributed by atoms with van der Waals surface area (Å²) in [5.41, 5.74) is 1.96. The van der Waals surface area contributed by atoms with Gasteiger partial charge in [-0.3, -0.25) is 0 Å². The van der Waals surface area contributed by atoms with E-state index in [1.807, 2.05) is 29.6 Å². The lowest BCUT2D eigenvalue weighted by atomic mass is 10.3. The molecule has 0 saturated carbocycles. The number of nitrogens with one attached hydrogen (secondary N) is 1. The van der Waals surface area contributed by atoms with Crippen LogP contribution in [0.4, 0.5) is 5.95 Å². The number of hydrogen-bond acceptors (Lipinski definition) is 4. The second kappa shape index (κ2) is 5.63. The minimum absolute atomic E-state index is 0.691. The Hall–Kier alpha value is -1.62. The minimum atomic E-state index is 0.691. The lowest BCUT2D eigenvalue weighted by Crippen LogP contribution is -2.04. The van der Waals surface area contributed by atoms with E-state index < -0.39 is 0 Å². The highest BCUT2D eigenvalue weighted by atomic mass is 16.5. The van der Waals surface area contributed by atoms with Gasteiger partial charge in [0.25, 0.3) is 0 Å². The maximum absolute atomic E-state index is 4.99. The molecule has 0 atom stereocenters. The first-order chi connectivity index (χ1) is 8.31. The van der Waals surface area contributed by atoms with Gasteiger partial charge in [-0.25, -0.2) is 4.52 Å². The summed E-state index contributed by atoms with van der Waals surface area (Å²) in [7, 11) is 1.72. The van der Waals surface area contributed by atoms with Crippen molar-refractivity contribution in [3.63, 3.8) is 0 Å². The van der Waals surface area contributed by atoms with Crippen molar-refractivity contribution in [3.05, 3.63) is 23.9 Å². The van der Waals surface area contributed by atoms with Crippen molar-refractivity contribution in [2.24, 2.45) is 0 Å². The van der Waals surface area contributed by atoms with E-state index in [1.54, 1.807) is 7.11 Å². The molecule has 2 rings (SSSR count). The average Bonchev–Trinajstić information content (AvgIpc) is 2.73. The number of unbranched alkanes of at least 4 members (excludes halogenated alkanes) is 1. The summed E-state index contributed by atoms with van der Waals surface area (Å²) in [4.78, 5) is 4.40. The highest BCUT2D eigenvalue weighted by Gasteiger charge is 2.03. The molecule has 0 unspecified atom stereocenters. The molecule has 0 aliphatic rings. The molecule has 0 fully saturated rings. The van der Waals surface area contributed by atoms with E-state index >= 15 is 0 Å². The number of nitrogens with zero attached hydrogens (tertiary/aromatic N) is 3. The van der Waals surface area contributed by atoms with Gasteiger partial charge in [0, 0.05) is 26.0 Å². The molecule has 92 valence electrons. The smallest absolute Gasteiger partial charge is 0.243 e. The maximum atomic E-state index is 4.99. The molecule has 5 heteroatoms. The number of aryl methyl sites for hydroxylation is 1. The van der Waals surface area contributed by atoms with Crippen LogP contribution in [0, 0.1) is 6.92 Å². The van der Waals surface area contributed by atoms with Crippen molar-refractivity contribution in [1.29, 1.82) is 0 Å². The summed E-state index contributed by atoms with van der Waals surface area (Å²) in [6.45, 7) is 3.70. The van der Waals surface area contributed by atoms with E-state index in [9.17, 15) is 0 Å². The predicted octanol–water partition coefficient (Wildman–Crippen LogP) is 1.88. The number of rotatable bonds is 6. The molecule has 0 saturated heterocycles. The van der Waals surface area contributed by atoms with Gasteiger partial charge in [0.05, 0.1) is 0 Å². The van der Waals surface area contributed by atoms with Crippen LogP contribution in [0.15, 0.2) is 18.2 Å². The van der Waals surface area contributed by atoms with Crippen molar-refractivity contribution >= 4 is 11.6 Å². The molecule has 0 aliphatic heterocycles. The van der Waals surface area contributed by atoms with Crippen molar-refractivity contribution < 1.29 is 4.74 Å². The SMILES string of the molecule is COCCCCNc1nc2cccc(C)n2n1. The van der Waals surface area contributed by atoms with E-state index in [0.29, 0.717) is 5.95 Å². The Kier molecular flexibility index (Phi) is 3.93. The van der Waals surface area contributed by atoms with Crippen molar-refractivity contribution in [3.8, 4) is 0 Å². The van der Waals surface area contributed by atoms with Crippen LogP contribution in [-0.2, 0) is 4.74 Å². The number of methoxy groups -OCH3 is 1. The lowest BCUT2D eigenvalue weighted by molar-refractivity contribution is 0.193. The Bertz CT molecular complexity index is 480. The third-order valence-electron chi connectivity index (χ3n) is 2.61. The molecular formula is C12H18N4O. The van der Waals surface area contributed by atoms with Crippen molar-refractivity contribution in [1.82, 2.24) is 14.6 Å². The molecular weight excluding hydrogens is 216 g/mol. The molecule has 17 heavy (non-hydrogen) atoms. The fourth-order valence-electron chi connectivity index (χ4n) is 1.68. The normalized spacial score (nSPS) is 10.9. The third-order valence-corrected chi connectivity index (χ3v) is 2.61. The van der Waals surface area contributed by atoms with Gasteiger partial charge < -0.3 is 10.1 Å². The van der Waals surface area contributed by atoms with Crippen LogP contribution < -0.4 is 5.32 Å². The first-order valence-corrected chi connectivity index (χ1v) is 5.86. The Morgan fingerprint density at radius 2 is 2.24 bits per heavy atom. The van der Waals surface area contributed by atoms with Gasteiger partial charge >= 0.3 is 0 Å². The Labute approximate surface area is 101 Å². The van der Waals surface area contributed by atoms with E-state index in [1.165, 1.54) is 0 Å². The second-order valence-electron chi connectivity index (χ2n) is 4.00. The Balaban J connectivity index is 1.93. The molecule has 2 aromatic heterocycles. The largest absolute Gasteiger partial charge is 0.385 e. The highest BCUT2D eigenvalue weighted by molar-refractivity contribution is 5.44. The number of anilines is 1. The molecule has 0 aromatic carbocycles. The molecule has 5 nitrogen and oxygen atoms in total. The third kappa shape index (κ3) is 2.94. The van der Waals surface area contributed by atoms with E-state index in [4.69, 9.17) is 4.74 Å². The number of pyridine rings is 1. The summed E-state index contributed by atoms with van der Waals surface area (Å²) in [5.74, 6) is 0.691. The molecule has 0 amide bonds. The standard InChI is InChI=1S/C12H18N4O/c1-10-6-5-7-11-14-12(15-16(10)11)13-8-3-4-9-17-2/h5-7H,3-4,8-9H2,1-2H3,(H,13,15). The molecule has 2 aromatic rings. The van der Waals surface area contributed by atoms with Gasteiger partial charge in [-0.05, 0) is 31.9 Å². The fourth-order valence-corrected chi connectivity index (χ4v) is 1.68. The quantitative estimate of drug-likeness (QED) is 0.775. The minimum Gasteiger partial charge on any atom is -0.385 e. The van der Waals surface area contributed by atoms with Crippen LogP contribution in [0.2, 0.25) is 0 Å². The first-order valence-electron chi connectivity index (χ1n) is 5.86. The Morgan fingerprint density at radius 1 is 1.35 bits per heavy atom. The number of hydrogen-bond donors (Lipinski definition) is 1. The monoisotopic (exact) mass is 234 g/mol.